The molecule has 4 heteroatoms. The first kappa shape index (κ1) is 14.4. The fourth-order valence-electron chi connectivity index (χ4n) is 1.55. The highest BCUT2D eigenvalue weighted by Gasteiger charge is 2.07. The van der Waals surface area contributed by atoms with Crippen LogP contribution in [-0.2, 0) is 4.79 Å². The second kappa shape index (κ2) is 8.68. The summed E-state index contributed by atoms with van der Waals surface area (Å²) in [5.41, 5.74) is 0. The Hall–Kier alpha value is -0.610. The lowest BCUT2D eigenvalue weighted by Gasteiger charge is -2.20. The van der Waals surface area contributed by atoms with E-state index in [2.05, 4.69) is 24.1 Å². The Labute approximate surface area is 92.7 Å². The highest BCUT2D eigenvalue weighted by atomic mass is 16.4. The van der Waals surface area contributed by atoms with Gasteiger partial charge in [0.15, 0.2) is 0 Å². The third-order valence-electron chi connectivity index (χ3n) is 2.39. The van der Waals surface area contributed by atoms with Crippen LogP contribution in [0, 0.1) is 0 Å². The van der Waals surface area contributed by atoms with Crippen LogP contribution in [0.5, 0.6) is 0 Å². The zero-order valence-electron chi connectivity index (χ0n) is 10.1. The van der Waals surface area contributed by atoms with E-state index in [9.17, 15) is 4.79 Å². The molecule has 0 aromatic carbocycles. The maximum atomic E-state index is 10.4. The van der Waals surface area contributed by atoms with Crippen molar-refractivity contribution in [3.05, 3.63) is 0 Å². The molecule has 0 bridgehead atoms. The third-order valence-corrected chi connectivity index (χ3v) is 2.39. The van der Waals surface area contributed by atoms with E-state index in [-0.39, 0.29) is 12.5 Å². The van der Waals surface area contributed by atoms with Gasteiger partial charge in [0, 0.05) is 19.1 Å². The van der Waals surface area contributed by atoms with Crippen LogP contribution < -0.4 is 5.32 Å². The van der Waals surface area contributed by atoms with Gasteiger partial charge in [-0.2, -0.15) is 0 Å². The smallest absolute Gasteiger partial charge is 0.304 e. The molecule has 0 aromatic rings. The standard InChI is InChI=1S/C11H24N2O2/c1-4-7-13(5-2)8-6-12-10(3)9-11(14)15/h10,12H,4-9H2,1-3H3,(H,14,15). The van der Waals surface area contributed by atoms with E-state index in [4.69, 9.17) is 5.11 Å². The molecule has 0 radical (unpaired) electrons. The number of carbonyl (C=O) groups is 1. The molecule has 1 atom stereocenters. The molecule has 0 aliphatic rings. The van der Waals surface area contributed by atoms with Gasteiger partial charge in [-0.25, -0.2) is 0 Å². The minimum Gasteiger partial charge on any atom is -0.481 e. The summed E-state index contributed by atoms with van der Waals surface area (Å²) >= 11 is 0. The topological polar surface area (TPSA) is 52.6 Å². The second-order valence-corrected chi connectivity index (χ2v) is 3.89. The van der Waals surface area contributed by atoms with E-state index in [1.807, 2.05) is 6.92 Å². The molecular formula is C11H24N2O2. The van der Waals surface area contributed by atoms with Gasteiger partial charge in [0.1, 0.15) is 0 Å². The Balaban J connectivity index is 3.53. The van der Waals surface area contributed by atoms with Crippen molar-refractivity contribution in [2.45, 2.75) is 39.7 Å². The van der Waals surface area contributed by atoms with Crippen molar-refractivity contribution in [3.8, 4) is 0 Å². The Morgan fingerprint density at radius 3 is 2.53 bits per heavy atom. The van der Waals surface area contributed by atoms with Crippen LogP contribution in [0.4, 0.5) is 0 Å². The first-order valence-electron chi connectivity index (χ1n) is 5.77. The first-order chi connectivity index (χ1) is 7.10. The summed E-state index contributed by atoms with van der Waals surface area (Å²) in [6.07, 6.45) is 1.36. The number of rotatable bonds is 9. The van der Waals surface area contributed by atoms with E-state index in [1.54, 1.807) is 0 Å². The number of hydrogen-bond donors (Lipinski definition) is 2. The zero-order valence-corrected chi connectivity index (χ0v) is 10.1. The van der Waals surface area contributed by atoms with Crippen molar-refractivity contribution in [2.75, 3.05) is 26.2 Å². The Morgan fingerprint density at radius 1 is 1.40 bits per heavy atom. The molecule has 2 N–H and O–H groups in total. The summed E-state index contributed by atoms with van der Waals surface area (Å²) in [5.74, 6) is -0.740. The second-order valence-electron chi connectivity index (χ2n) is 3.89. The molecule has 1 unspecified atom stereocenters. The van der Waals surface area contributed by atoms with Crippen LogP contribution in [0.3, 0.4) is 0 Å². The van der Waals surface area contributed by atoms with Crippen LogP contribution in [-0.4, -0.2) is 48.2 Å². The van der Waals surface area contributed by atoms with E-state index in [1.165, 1.54) is 6.42 Å². The number of nitrogens with one attached hydrogen (secondary N) is 1. The molecule has 0 spiro atoms. The van der Waals surface area contributed by atoms with Crippen molar-refractivity contribution in [3.63, 3.8) is 0 Å². The average molecular weight is 216 g/mol. The fourth-order valence-corrected chi connectivity index (χ4v) is 1.55. The summed E-state index contributed by atoms with van der Waals surface area (Å²) in [7, 11) is 0. The van der Waals surface area contributed by atoms with Crippen molar-refractivity contribution in [1.82, 2.24) is 10.2 Å². The lowest BCUT2D eigenvalue weighted by molar-refractivity contribution is -0.137. The van der Waals surface area contributed by atoms with Crippen LogP contribution in [0.25, 0.3) is 0 Å². The quantitative estimate of drug-likeness (QED) is 0.607. The SMILES string of the molecule is CCCN(CC)CCNC(C)CC(=O)O. The molecular weight excluding hydrogens is 192 g/mol. The number of likely N-dealkylation sites (N-methyl/N-ethyl adjacent to an activating group) is 1. The third kappa shape index (κ3) is 8.39. The van der Waals surface area contributed by atoms with E-state index in [0.29, 0.717) is 0 Å². The molecule has 0 aliphatic heterocycles. The number of aliphatic carboxylic acids is 1. The first-order valence-corrected chi connectivity index (χ1v) is 5.77. The largest absolute Gasteiger partial charge is 0.481 e. The van der Waals surface area contributed by atoms with Crippen LogP contribution in [0.1, 0.15) is 33.6 Å². The maximum absolute atomic E-state index is 10.4. The molecule has 0 fully saturated rings. The molecule has 0 aliphatic carbocycles. The van der Waals surface area contributed by atoms with Gasteiger partial charge in [-0.3, -0.25) is 4.79 Å². The molecule has 0 saturated carbocycles. The lowest BCUT2D eigenvalue weighted by atomic mass is 10.2. The molecule has 0 amide bonds. The molecule has 4 nitrogen and oxygen atoms in total. The van der Waals surface area contributed by atoms with Crippen LogP contribution in [0.2, 0.25) is 0 Å². The van der Waals surface area contributed by atoms with Gasteiger partial charge < -0.3 is 15.3 Å². The highest BCUT2D eigenvalue weighted by molar-refractivity contribution is 5.67. The summed E-state index contributed by atoms with van der Waals surface area (Å²) in [5, 5.41) is 11.8. The van der Waals surface area contributed by atoms with Gasteiger partial charge in [0.05, 0.1) is 6.42 Å². The minimum atomic E-state index is -0.740. The van der Waals surface area contributed by atoms with Crippen LogP contribution in [0.15, 0.2) is 0 Å². The van der Waals surface area contributed by atoms with Gasteiger partial charge in [-0.05, 0) is 26.4 Å². The van der Waals surface area contributed by atoms with Crippen molar-refractivity contribution < 1.29 is 9.90 Å². The Morgan fingerprint density at radius 2 is 2.07 bits per heavy atom. The van der Waals surface area contributed by atoms with E-state index in [0.717, 1.165) is 26.2 Å². The molecule has 0 aromatic heterocycles. The molecule has 90 valence electrons. The fraction of sp³-hybridized carbons (Fsp3) is 0.909. The normalized spacial score (nSPS) is 13.1. The number of carboxylic acid groups (broad SMARTS) is 1. The molecule has 0 rings (SSSR count). The molecule has 0 saturated heterocycles. The zero-order chi connectivity index (χ0) is 11.7. The predicted octanol–water partition coefficient (Wildman–Crippen LogP) is 1.17. The summed E-state index contributed by atoms with van der Waals surface area (Å²) < 4.78 is 0. The van der Waals surface area contributed by atoms with Crippen LogP contribution >= 0.6 is 0 Å². The van der Waals surface area contributed by atoms with Crippen molar-refractivity contribution >= 4 is 5.97 Å². The molecule has 15 heavy (non-hydrogen) atoms. The number of carboxylic acids is 1. The minimum absolute atomic E-state index is 0.0582. The van der Waals surface area contributed by atoms with Gasteiger partial charge >= 0.3 is 5.97 Å². The lowest BCUT2D eigenvalue weighted by Crippen LogP contribution is -2.37. The van der Waals surface area contributed by atoms with Gasteiger partial charge in [0.25, 0.3) is 0 Å². The van der Waals surface area contributed by atoms with Gasteiger partial charge in [-0.15, -0.1) is 0 Å². The predicted molar refractivity (Wildman–Crippen MR) is 62.1 cm³/mol. The van der Waals surface area contributed by atoms with E-state index < -0.39 is 5.97 Å². The van der Waals surface area contributed by atoms with Gasteiger partial charge in [0.2, 0.25) is 0 Å². The van der Waals surface area contributed by atoms with Crippen molar-refractivity contribution in [1.29, 1.82) is 0 Å². The van der Waals surface area contributed by atoms with Gasteiger partial charge in [-0.1, -0.05) is 13.8 Å². The summed E-state index contributed by atoms with van der Waals surface area (Å²) in [6.45, 7) is 10.3. The molecule has 0 heterocycles. The number of hydrogen-bond acceptors (Lipinski definition) is 3. The highest BCUT2D eigenvalue weighted by Crippen LogP contribution is 1.92. The Bertz CT molecular complexity index is 174. The Kier molecular flexibility index (Phi) is 8.33. The maximum Gasteiger partial charge on any atom is 0.304 e. The van der Waals surface area contributed by atoms with E-state index >= 15 is 0 Å². The monoisotopic (exact) mass is 216 g/mol. The van der Waals surface area contributed by atoms with Crippen molar-refractivity contribution in [2.24, 2.45) is 0 Å². The summed E-state index contributed by atoms with van der Waals surface area (Å²) in [4.78, 5) is 12.8. The average Bonchev–Trinajstić information content (AvgIpc) is 2.15. The number of nitrogens with zero attached hydrogens (tertiary/aromatic N) is 1. The summed E-state index contributed by atoms with van der Waals surface area (Å²) in [6, 6.07) is 0.0582.